The molecule has 0 N–H and O–H groups in total. The molecule has 170 valence electrons. The van der Waals surface area contributed by atoms with Gasteiger partial charge in [-0.1, -0.05) is 18.9 Å². The first-order valence-corrected chi connectivity index (χ1v) is 12.5. The third kappa shape index (κ3) is 4.64. The molecule has 6 heteroatoms. The molecular formula is C26H35N5O. The van der Waals surface area contributed by atoms with Crippen molar-refractivity contribution in [3.05, 3.63) is 47.2 Å². The number of rotatable bonds is 5. The van der Waals surface area contributed by atoms with Crippen molar-refractivity contribution < 1.29 is 4.79 Å². The highest BCUT2D eigenvalue weighted by molar-refractivity contribution is 5.76. The van der Waals surface area contributed by atoms with Crippen molar-refractivity contribution in [2.24, 2.45) is 5.92 Å². The first-order valence-electron chi connectivity index (χ1n) is 12.5. The third-order valence-corrected chi connectivity index (χ3v) is 7.52. The second-order valence-corrected chi connectivity index (χ2v) is 9.85. The minimum Gasteiger partial charge on any atom is -0.350 e. The first kappa shape index (κ1) is 21.4. The van der Waals surface area contributed by atoms with Crippen LogP contribution in [0, 0.1) is 12.8 Å². The number of aryl methyl sites for hydroxylation is 1. The number of anilines is 1. The molecule has 1 aliphatic carbocycles. The number of hydrogen-bond acceptors (Lipinski definition) is 5. The highest BCUT2D eigenvalue weighted by atomic mass is 16.2. The predicted octanol–water partition coefficient (Wildman–Crippen LogP) is 4.42. The molecule has 0 spiro atoms. The van der Waals surface area contributed by atoms with Crippen LogP contribution >= 0.6 is 0 Å². The molecule has 6 nitrogen and oxygen atoms in total. The SMILES string of the molecule is Cc1nc([C@@H]2CCCN(C(=O)CC3CCCC3)C2)nc2c1CCCN2Cc1ccccn1. The van der Waals surface area contributed by atoms with Crippen LogP contribution in [0.1, 0.15) is 80.1 Å². The number of aromatic nitrogens is 3. The number of fused-ring (bicyclic) bond motifs is 1. The lowest BCUT2D eigenvalue weighted by Crippen LogP contribution is -2.40. The average molecular weight is 434 g/mol. The maximum atomic E-state index is 13.0. The molecule has 0 unspecified atom stereocenters. The van der Waals surface area contributed by atoms with E-state index >= 15 is 0 Å². The summed E-state index contributed by atoms with van der Waals surface area (Å²) in [6, 6.07) is 6.09. The highest BCUT2D eigenvalue weighted by Crippen LogP contribution is 2.33. The van der Waals surface area contributed by atoms with Gasteiger partial charge in [-0.25, -0.2) is 9.97 Å². The summed E-state index contributed by atoms with van der Waals surface area (Å²) in [4.78, 5) is 32.0. The van der Waals surface area contributed by atoms with Crippen LogP contribution in [-0.2, 0) is 17.8 Å². The Hall–Kier alpha value is -2.50. The number of carbonyl (C=O) groups excluding carboxylic acids is 1. The van der Waals surface area contributed by atoms with Gasteiger partial charge in [0.25, 0.3) is 0 Å². The summed E-state index contributed by atoms with van der Waals surface area (Å²) in [6.07, 6.45) is 11.9. The maximum Gasteiger partial charge on any atom is 0.222 e. The van der Waals surface area contributed by atoms with E-state index < -0.39 is 0 Å². The van der Waals surface area contributed by atoms with Crippen LogP contribution in [0.3, 0.4) is 0 Å². The molecule has 2 fully saturated rings. The summed E-state index contributed by atoms with van der Waals surface area (Å²) in [5.41, 5.74) is 3.45. The topological polar surface area (TPSA) is 62.2 Å². The van der Waals surface area contributed by atoms with Gasteiger partial charge < -0.3 is 9.80 Å². The summed E-state index contributed by atoms with van der Waals surface area (Å²) in [6.45, 7) is 5.55. The van der Waals surface area contributed by atoms with E-state index in [0.717, 1.165) is 81.3 Å². The van der Waals surface area contributed by atoms with Crippen LogP contribution in [0.25, 0.3) is 0 Å². The summed E-state index contributed by atoms with van der Waals surface area (Å²) in [5.74, 6) is 3.18. The molecule has 1 amide bonds. The minimum atomic E-state index is 0.235. The van der Waals surface area contributed by atoms with E-state index in [2.05, 4.69) is 27.8 Å². The Morgan fingerprint density at radius 1 is 1.06 bits per heavy atom. The molecule has 0 radical (unpaired) electrons. The van der Waals surface area contributed by atoms with Crippen molar-refractivity contribution in [2.45, 2.75) is 77.2 Å². The second kappa shape index (κ2) is 9.55. The van der Waals surface area contributed by atoms with Gasteiger partial charge in [0, 0.05) is 49.4 Å². The van der Waals surface area contributed by atoms with Crippen LogP contribution in [0.2, 0.25) is 0 Å². The number of pyridine rings is 1. The zero-order valence-electron chi connectivity index (χ0n) is 19.3. The largest absolute Gasteiger partial charge is 0.350 e. The smallest absolute Gasteiger partial charge is 0.222 e. The fourth-order valence-corrected chi connectivity index (χ4v) is 5.74. The molecular weight excluding hydrogens is 398 g/mol. The summed E-state index contributed by atoms with van der Waals surface area (Å²) in [5, 5.41) is 0. The summed E-state index contributed by atoms with van der Waals surface area (Å²) in [7, 11) is 0. The monoisotopic (exact) mass is 433 g/mol. The molecule has 2 aromatic rings. The van der Waals surface area contributed by atoms with Crippen LogP contribution in [0.5, 0.6) is 0 Å². The van der Waals surface area contributed by atoms with E-state index in [-0.39, 0.29) is 5.92 Å². The fourth-order valence-electron chi connectivity index (χ4n) is 5.74. The fraction of sp³-hybridized carbons (Fsp3) is 0.615. The van der Waals surface area contributed by atoms with Crippen LogP contribution < -0.4 is 4.90 Å². The summed E-state index contributed by atoms with van der Waals surface area (Å²) >= 11 is 0. The molecule has 1 saturated carbocycles. The lowest BCUT2D eigenvalue weighted by Gasteiger charge is -2.35. The van der Waals surface area contributed by atoms with Crippen molar-refractivity contribution in [2.75, 3.05) is 24.5 Å². The average Bonchev–Trinajstić information content (AvgIpc) is 3.33. The van der Waals surface area contributed by atoms with E-state index in [1.807, 2.05) is 18.3 Å². The molecule has 2 aliphatic heterocycles. The van der Waals surface area contributed by atoms with E-state index in [4.69, 9.17) is 9.97 Å². The van der Waals surface area contributed by atoms with Gasteiger partial charge in [-0.05, 0) is 63.5 Å². The Labute approximate surface area is 191 Å². The van der Waals surface area contributed by atoms with E-state index in [1.165, 1.54) is 31.2 Å². The number of piperidine rings is 1. The second-order valence-electron chi connectivity index (χ2n) is 9.85. The lowest BCUT2D eigenvalue weighted by molar-refractivity contribution is -0.133. The highest BCUT2D eigenvalue weighted by Gasteiger charge is 2.30. The van der Waals surface area contributed by atoms with Crippen LogP contribution in [0.15, 0.2) is 24.4 Å². The molecule has 1 saturated heterocycles. The van der Waals surface area contributed by atoms with Gasteiger partial charge in [-0.3, -0.25) is 9.78 Å². The van der Waals surface area contributed by atoms with Gasteiger partial charge in [0.2, 0.25) is 5.91 Å². The van der Waals surface area contributed by atoms with Crippen molar-refractivity contribution >= 4 is 11.7 Å². The molecule has 3 aliphatic rings. The number of carbonyl (C=O) groups is 1. The molecule has 5 rings (SSSR count). The van der Waals surface area contributed by atoms with Crippen LogP contribution in [0.4, 0.5) is 5.82 Å². The third-order valence-electron chi connectivity index (χ3n) is 7.52. The van der Waals surface area contributed by atoms with Gasteiger partial charge in [0.15, 0.2) is 0 Å². The Morgan fingerprint density at radius 3 is 2.75 bits per heavy atom. The number of hydrogen-bond donors (Lipinski definition) is 0. The molecule has 4 heterocycles. The van der Waals surface area contributed by atoms with Gasteiger partial charge in [0.1, 0.15) is 11.6 Å². The Kier molecular flexibility index (Phi) is 6.37. The normalized spacial score (nSPS) is 21.6. The molecule has 32 heavy (non-hydrogen) atoms. The zero-order valence-corrected chi connectivity index (χ0v) is 19.3. The van der Waals surface area contributed by atoms with Gasteiger partial charge in [-0.2, -0.15) is 0 Å². The first-order chi connectivity index (χ1) is 15.7. The van der Waals surface area contributed by atoms with Crippen molar-refractivity contribution in [3.63, 3.8) is 0 Å². The summed E-state index contributed by atoms with van der Waals surface area (Å²) < 4.78 is 0. The minimum absolute atomic E-state index is 0.235. The Morgan fingerprint density at radius 2 is 1.94 bits per heavy atom. The quantitative estimate of drug-likeness (QED) is 0.699. The number of nitrogens with zero attached hydrogens (tertiary/aromatic N) is 5. The van der Waals surface area contributed by atoms with Crippen molar-refractivity contribution in [1.82, 2.24) is 19.9 Å². The van der Waals surface area contributed by atoms with Crippen LogP contribution in [-0.4, -0.2) is 45.4 Å². The number of likely N-dealkylation sites (tertiary alicyclic amines) is 1. The maximum absolute atomic E-state index is 13.0. The standard InChI is InChI=1S/C26H35N5O/c1-19-23-12-7-15-31(18-22-11-4-5-13-27-22)26(23)29-25(28-19)21-10-6-14-30(17-21)24(32)16-20-8-2-3-9-20/h4-5,11,13,20-21H,2-3,6-10,12,14-18H2,1H3/t21-/m1/s1. The molecule has 1 atom stereocenters. The zero-order chi connectivity index (χ0) is 21.9. The Balaban J connectivity index is 1.34. The molecule has 0 aromatic carbocycles. The van der Waals surface area contributed by atoms with Gasteiger partial charge in [-0.15, -0.1) is 0 Å². The lowest BCUT2D eigenvalue weighted by atomic mass is 9.94. The van der Waals surface area contributed by atoms with Gasteiger partial charge in [0.05, 0.1) is 12.2 Å². The predicted molar refractivity (Wildman–Crippen MR) is 126 cm³/mol. The number of amides is 1. The molecule has 0 bridgehead atoms. The van der Waals surface area contributed by atoms with Crippen molar-refractivity contribution in [3.8, 4) is 0 Å². The van der Waals surface area contributed by atoms with Crippen molar-refractivity contribution in [1.29, 1.82) is 0 Å². The Bertz CT molecular complexity index is 941. The van der Waals surface area contributed by atoms with E-state index in [9.17, 15) is 4.79 Å². The molecule has 2 aromatic heterocycles. The van der Waals surface area contributed by atoms with E-state index in [0.29, 0.717) is 11.8 Å². The van der Waals surface area contributed by atoms with E-state index in [1.54, 1.807) is 0 Å². The van der Waals surface area contributed by atoms with Gasteiger partial charge >= 0.3 is 0 Å².